The zero-order chi connectivity index (χ0) is 12.9. The van der Waals surface area contributed by atoms with E-state index >= 15 is 0 Å². The van der Waals surface area contributed by atoms with Gasteiger partial charge in [0, 0.05) is 6.04 Å². The van der Waals surface area contributed by atoms with Gasteiger partial charge < -0.3 is 5.32 Å². The molecule has 0 saturated carbocycles. The minimum Gasteiger partial charge on any atom is -0.314 e. The molecule has 17 heavy (non-hydrogen) atoms. The molecule has 0 aromatic heterocycles. The maximum absolute atomic E-state index is 3.69. The highest BCUT2D eigenvalue weighted by molar-refractivity contribution is 4.74. The molecule has 0 aromatic rings. The number of rotatable bonds is 12. The summed E-state index contributed by atoms with van der Waals surface area (Å²) >= 11 is 0. The topological polar surface area (TPSA) is 12.0 Å². The van der Waals surface area contributed by atoms with E-state index < -0.39 is 0 Å². The fourth-order valence-electron chi connectivity index (χ4n) is 2.77. The summed E-state index contributed by atoms with van der Waals surface area (Å²) in [6.45, 7) is 10.3. The van der Waals surface area contributed by atoms with Crippen molar-refractivity contribution in [2.45, 2.75) is 91.5 Å². The van der Waals surface area contributed by atoms with Crippen LogP contribution in [0.4, 0.5) is 0 Å². The van der Waals surface area contributed by atoms with Crippen LogP contribution in [0.25, 0.3) is 0 Å². The highest BCUT2D eigenvalue weighted by atomic mass is 14.9. The Labute approximate surface area is 110 Å². The lowest BCUT2D eigenvalue weighted by Gasteiger charge is -2.26. The SMILES string of the molecule is CCCCCCCCC(NCC)C(CC)CC. The third-order valence-corrected chi connectivity index (χ3v) is 3.95. The van der Waals surface area contributed by atoms with E-state index in [9.17, 15) is 0 Å². The Kier molecular flexibility index (Phi) is 12.4. The molecular weight excluding hydrogens is 206 g/mol. The molecule has 1 heteroatoms. The van der Waals surface area contributed by atoms with Gasteiger partial charge in [0.2, 0.25) is 0 Å². The van der Waals surface area contributed by atoms with Crippen LogP contribution >= 0.6 is 0 Å². The predicted molar refractivity (Wildman–Crippen MR) is 79.5 cm³/mol. The molecule has 0 saturated heterocycles. The summed E-state index contributed by atoms with van der Waals surface area (Å²) in [5.41, 5.74) is 0. The molecule has 0 amide bonds. The van der Waals surface area contributed by atoms with E-state index in [2.05, 4.69) is 33.0 Å². The van der Waals surface area contributed by atoms with Gasteiger partial charge in [-0.25, -0.2) is 0 Å². The van der Waals surface area contributed by atoms with Gasteiger partial charge >= 0.3 is 0 Å². The molecule has 1 unspecified atom stereocenters. The van der Waals surface area contributed by atoms with Crippen LogP contribution in [-0.2, 0) is 0 Å². The lowest BCUT2D eigenvalue weighted by molar-refractivity contribution is 0.314. The first-order valence-corrected chi connectivity index (χ1v) is 8.03. The summed E-state index contributed by atoms with van der Waals surface area (Å²) in [6.07, 6.45) is 12.5. The van der Waals surface area contributed by atoms with Gasteiger partial charge in [0.25, 0.3) is 0 Å². The fraction of sp³-hybridized carbons (Fsp3) is 1.00. The van der Waals surface area contributed by atoms with Gasteiger partial charge in [-0.05, 0) is 18.9 Å². The van der Waals surface area contributed by atoms with E-state index in [0.717, 1.165) is 18.5 Å². The zero-order valence-electron chi connectivity index (χ0n) is 12.7. The maximum Gasteiger partial charge on any atom is 0.00950 e. The minimum atomic E-state index is 0.765. The van der Waals surface area contributed by atoms with Crippen molar-refractivity contribution in [1.29, 1.82) is 0 Å². The Hall–Kier alpha value is -0.0400. The van der Waals surface area contributed by atoms with Gasteiger partial charge in [-0.1, -0.05) is 79.1 Å². The van der Waals surface area contributed by atoms with Crippen molar-refractivity contribution in [2.75, 3.05) is 6.54 Å². The average molecular weight is 241 g/mol. The van der Waals surface area contributed by atoms with Crippen molar-refractivity contribution < 1.29 is 0 Å². The molecule has 0 aromatic carbocycles. The van der Waals surface area contributed by atoms with Crippen LogP contribution in [0.3, 0.4) is 0 Å². The number of unbranched alkanes of at least 4 members (excludes halogenated alkanes) is 5. The number of hydrogen-bond acceptors (Lipinski definition) is 1. The van der Waals surface area contributed by atoms with Crippen LogP contribution in [0, 0.1) is 5.92 Å². The third-order valence-electron chi connectivity index (χ3n) is 3.95. The van der Waals surface area contributed by atoms with Gasteiger partial charge in [-0.3, -0.25) is 0 Å². The number of hydrogen-bond donors (Lipinski definition) is 1. The van der Waals surface area contributed by atoms with Crippen molar-refractivity contribution >= 4 is 0 Å². The Bertz CT molecular complexity index is 140. The summed E-state index contributed by atoms with van der Waals surface area (Å²) in [4.78, 5) is 0. The van der Waals surface area contributed by atoms with E-state index in [1.165, 1.54) is 57.8 Å². The molecule has 0 aliphatic rings. The molecule has 0 aliphatic heterocycles. The predicted octanol–water partition coefficient (Wildman–Crippen LogP) is 5.15. The largest absolute Gasteiger partial charge is 0.314 e. The molecule has 0 heterocycles. The van der Waals surface area contributed by atoms with Crippen LogP contribution in [0.5, 0.6) is 0 Å². The summed E-state index contributed by atoms with van der Waals surface area (Å²) in [6, 6.07) is 0.765. The van der Waals surface area contributed by atoms with Crippen LogP contribution < -0.4 is 5.32 Å². The van der Waals surface area contributed by atoms with Crippen molar-refractivity contribution in [3.8, 4) is 0 Å². The standard InChI is InChI=1S/C16H35N/c1-5-9-10-11-12-13-14-16(17-8-4)15(6-2)7-3/h15-17H,5-14H2,1-4H3. The van der Waals surface area contributed by atoms with Gasteiger partial charge in [0.05, 0.1) is 0 Å². The molecule has 1 atom stereocenters. The molecule has 1 nitrogen and oxygen atoms in total. The summed E-state index contributed by atoms with van der Waals surface area (Å²) in [5, 5.41) is 3.69. The Balaban J connectivity index is 3.69. The zero-order valence-corrected chi connectivity index (χ0v) is 12.7. The quantitative estimate of drug-likeness (QED) is 0.466. The molecular formula is C16H35N. The number of nitrogens with one attached hydrogen (secondary N) is 1. The second-order valence-electron chi connectivity index (χ2n) is 5.30. The summed E-state index contributed by atoms with van der Waals surface area (Å²) < 4.78 is 0. The second kappa shape index (κ2) is 12.4. The Morgan fingerprint density at radius 2 is 1.35 bits per heavy atom. The lowest BCUT2D eigenvalue weighted by atomic mass is 9.90. The first-order valence-electron chi connectivity index (χ1n) is 8.03. The van der Waals surface area contributed by atoms with Crippen molar-refractivity contribution in [3.05, 3.63) is 0 Å². The van der Waals surface area contributed by atoms with Gasteiger partial charge in [0.15, 0.2) is 0 Å². The van der Waals surface area contributed by atoms with Crippen LogP contribution in [0.15, 0.2) is 0 Å². The summed E-state index contributed by atoms with van der Waals surface area (Å²) in [7, 11) is 0. The molecule has 0 radical (unpaired) electrons. The van der Waals surface area contributed by atoms with Gasteiger partial charge in [-0.15, -0.1) is 0 Å². The van der Waals surface area contributed by atoms with E-state index in [4.69, 9.17) is 0 Å². The molecule has 1 N–H and O–H groups in total. The highest BCUT2D eigenvalue weighted by Gasteiger charge is 2.16. The van der Waals surface area contributed by atoms with Crippen LogP contribution in [0.2, 0.25) is 0 Å². The minimum absolute atomic E-state index is 0.765. The van der Waals surface area contributed by atoms with E-state index in [0.29, 0.717) is 0 Å². The smallest absolute Gasteiger partial charge is 0.00950 e. The second-order valence-corrected chi connectivity index (χ2v) is 5.30. The Morgan fingerprint density at radius 1 is 0.765 bits per heavy atom. The molecule has 0 fully saturated rings. The third kappa shape index (κ3) is 8.65. The highest BCUT2D eigenvalue weighted by Crippen LogP contribution is 2.19. The normalized spacial score (nSPS) is 13.2. The monoisotopic (exact) mass is 241 g/mol. The van der Waals surface area contributed by atoms with Gasteiger partial charge in [-0.2, -0.15) is 0 Å². The van der Waals surface area contributed by atoms with E-state index in [1.54, 1.807) is 0 Å². The molecule has 0 rings (SSSR count). The van der Waals surface area contributed by atoms with Gasteiger partial charge in [0.1, 0.15) is 0 Å². The maximum atomic E-state index is 3.69. The first kappa shape index (κ1) is 17.0. The van der Waals surface area contributed by atoms with Crippen molar-refractivity contribution in [1.82, 2.24) is 5.32 Å². The first-order chi connectivity index (χ1) is 8.29. The lowest BCUT2D eigenvalue weighted by Crippen LogP contribution is -2.35. The van der Waals surface area contributed by atoms with Crippen LogP contribution in [0.1, 0.15) is 85.5 Å². The van der Waals surface area contributed by atoms with E-state index in [-0.39, 0.29) is 0 Å². The fourth-order valence-corrected chi connectivity index (χ4v) is 2.77. The molecule has 0 aliphatic carbocycles. The van der Waals surface area contributed by atoms with E-state index in [1.807, 2.05) is 0 Å². The average Bonchev–Trinajstić information content (AvgIpc) is 2.35. The van der Waals surface area contributed by atoms with Crippen molar-refractivity contribution in [3.63, 3.8) is 0 Å². The molecule has 104 valence electrons. The molecule has 0 spiro atoms. The Morgan fingerprint density at radius 3 is 1.88 bits per heavy atom. The molecule has 0 bridgehead atoms. The van der Waals surface area contributed by atoms with Crippen molar-refractivity contribution in [2.24, 2.45) is 5.92 Å². The summed E-state index contributed by atoms with van der Waals surface area (Å²) in [5.74, 6) is 0.880. The van der Waals surface area contributed by atoms with Crippen LogP contribution in [-0.4, -0.2) is 12.6 Å².